The number of hydrogen-bond donors (Lipinski definition) is 2. The van der Waals surface area contributed by atoms with Crippen LogP contribution in [0.2, 0.25) is 0 Å². The van der Waals surface area contributed by atoms with Crippen molar-refractivity contribution in [3.05, 3.63) is 22.7 Å². The van der Waals surface area contributed by atoms with Gasteiger partial charge >= 0.3 is 6.36 Å². The first kappa shape index (κ1) is 14.1. The first-order chi connectivity index (χ1) is 7.57. The van der Waals surface area contributed by atoms with Gasteiger partial charge in [0.1, 0.15) is 5.75 Å². The lowest BCUT2D eigenvalue weighted by Gasteiger charge is -2.11. The Morgan fingerprint density at radius 2 is 1.94 bits per heavy atom. The second-order valence-electron chi connectivity index (χ2n) is 2.84. The van der Waals surface area contributed by atoms with Crippen molar-refractivity contribution >= 4 is 31.8 Å². The lowest BCUT2D eigenvalue weighted by atomic mass is 10.3. The van der Waals surface area contributed by atoms with E-state index in [9.17, 15) is 21.6 Å². The molecule has 0 aliphatic heterocycles. The van der Waals surface area contributed by atoms with Crippen LogP contribution < -0.4 is 14.6 Å². The molecule has 3 N–H and O–H groups in total. The summed E-state index contributed by atoms with van der Waals surface area (Å²) >= 11 is 2.81. The van der Waals surface area contributed by atoms with E-state index in [0.717, 1.165) is 18.2 Å². The van der Waals surface area contributed by atoms with E-state index in [1.807, 2.05) is 4.72 Å². The lowest BCUT2D eigenvalue weighted by molar-refractivity contribution is -0.274. The highest BCUT2D eigenvalue weighted by molar-refractivity contribution is 9.10. The van der Waals surface area contributed by atoms with Gasteiger partial charge in [-0.25, -0.2) is 5.14 Å². The Bertz CT molecular complexity index is 518. The number of rotatable bonds is 3. The zero-order valence-electron chi connectivity index (χ0n) is 7.95. The van der Waals surface area contributed by atoms with Crippen molar-refractivity contribution in [2.24, 2.45) is 5.14 Å². The predicted molar refractivity (Wildman–Crippen MR) is 57.6 cm³/mol. The van der Waals surface area contributed by atoms with Gasteiger partial charge in [-0.15, -0.1) is 13.2 Å². The van der Waals surface area contributed by atoms with E-state index >= 15 is 0 Å². The Morgan fingerprint density at radius 1 is 1.35 bits per heavy atom. The van der Waals surface area contributed by atoms with Crippen LogP contribution in [0.5, 0.6) is 5.75 Å². The summed E-state index contributed by atoms with van der Waals surface area (Å²) in [7, 11) is -3.98. The molecule has 0 fully saturated rings. The van der Waals surface area contributed by atoms with E-state index in [4.69, 9.17) is 5.14 Å². The van der Waals surface area contributed by atoms with Gasteiger partial charge < -0.3 is 4.74 Å². The monoisotopic (exact) mass is 334 g/mol. The SMILES string of the molecule is NS(=O)(=O)Nc1ccc(OC(F)(F)F)c(Br)c1. The van der Waals surface area contributed by atoms with Crippen LogP contribution in [-0.2, 0) is 10.2 Å². The van der Waals surface area contributed by atoms with Crippen molar-refractivity contribution in [2.45, 2.75) is 6.36 Å². The van der Waals surface area contributed by atoms with Crippen molar-refractivity contribution < 1.29 is 26.3 Å². The number of hydrogen-bond acceptors (Lipinski definition) is 3. The number of halogens is 4. The number of nitrogens with two attached hydrogens (primary N) is 1. The third kappa shape index (κ3) is 5.24. The molecule has 0 saturated heterocycles. The highest BCUT2D eigenvalue weighted by atomic mass is 79.9. The molecule has 0 aliphatic carbocycles. The van der Waals surface area contributed by atoms with Gasteiger partial charge in [-0.1, -0.05) is 0 Å². The van der Waals surface area contributed by atoms with E-state index in [0.29, 0.717) is 0 Å². The molecule has 0 atom stereocenters. The largest absolute Gasteiger partial charge is 0.573 e. The summed E-state index contributed by atoms with van der Waals surface area (Å²) in [4.78, 5) is 0. The van der Waals surface area contributed by atoms with Crippen LogP contribution in [0, 0.1) is 0 Å². The Kier molecular flexibility index (Phi) is 3.89. The van der Waals surface area contributed by atoms with E-state index < -0.39 is 22.3 Å². The van der Waals surface area contributed by atoms with Crippen molar-refractivity contribution in [3.8, 4) is 5.75 Å². The van der Waals surface area contributed by atoms with Crippen molar-refractivity contribution in [3.63, 3.8) is 0 Å². The number of benzene rings is 1. The molecule has 0 aromatic heterocycles. The average Bonchev–Trinajstić information content (AvgIpc) is 2.05. The van der Waals surface area contributed by atoms with Crippen LogP contribution in [0.4, 0.5) is 18.9 Å². The van der Waals surface area contributed by atoms with Gasteiger partial charge in [-0.2, -0.15) is 8.42 Å². The van der Waals surface area contributed by atoms with E-state index in [2.05, 4.69) is 20.7 Å². The summed E-state index contributed by atoms with van der Waals surface area (Å²) in [6.07, 6.45) is -4.82. The number of anilines is 1. The molecule has 0 amide bonds. The lowest BCUT2D eigenvalue weighted by Crippen LogP contribution is -2.21. The predicted octanol–water partition coefficient (Wildman–Crippen LogP) is 1.96. The smallest absolute Gasteiger partial charge is 0.405 e. The maximum atomic E-state index is 11.9. The van der Waals surface area contributed by atoms with Crippen molar-refractivity contribution in [2.75, 3.05) is 4.72 Å². The summed E-state index contributed by atoms with van der Waals surface area (Å²) in [5.41, 5.74) is 0.00824. The standard InChI is InChI=1S/C7H6BrF3N2O3S/c8-5-3-4(13-17(12,14)15)1-2-6(5)16-7(9,10)11/h1-3,13H,(H2,12,14,15). The second kappa shape index (κ2) is 4.70. The van der Waals surface area contributed by atoms with Crippen LogP contribution in [-0.4, -0.2) is 14.8 Å². The minimum Gasteiger partial charge on any atom is -0.405 e. The molecule has 1 aromatic carbocycles. The molecule has 0 bridgehead atoms. The molecule has 0 saturated carbocycles. The van der Waals surface area contributed by atoms with Gasteiger partial charge in [0.05, 0.1) is 10.2 Å². The Labute approximate surface area is 103 Å². The Morgan fingerprint density at radius 3 is 2.35 bits per heavy atom. The van der Waals surface area contributed by atoms with Gasteiger partial charge in [-0.3, -0.25) is 4.72 Å². The van der Waals surface area contributed by atoms with Gasteiger partial charge in [0.25, 0.3) is 10.2 Å². The first-order valence-corrected chi connectivity index (χ1v) is 6.26. The van der Waals surface area contributed by atoms with E-state index in [1.54, 1.807) is 0 Å². The van der Waals surface area contributed by atoms with Crippen molar-refractivity contribution in [1.29, 1.82) is 0 Å². The maximum absolute atomic E-state index is 11.9. The summed E-state index contributed by atoms with van der Waals surface area (Å²) in [5.74, 6) is -0.488. The quantitative estimate of drug-likeness (QED) is 0.886. The molecule has 1 rings (SSSR count). The highest BCUT2D eigenvalue weighted by Gasteiger charge is 2.31. The van der Waals surface area contributed by atoms with Crippen LogP contribution in [0.3, 0.4) is 0 Å². The third-order valence-corrected chi connectivity index (χ3v) is 2.56. The third-order valence-electron chi connectivity index (χ3n) is 1.42. The van der Waals surface area contributed by atoms with Gasteiger partial charge in [0.15, 0.2) is 0 Å². The summed E-state index contributed by atoms with van der Waals surface area (Å²) < 4.78 is 62.6. The minimum absolute atomic E-state index is 0.00824. The second-order valence-corrected chi connectivity index (χ2v) is 4.99. The molecule has 5 nitrogen and oxygen atoms in total. The summed E-state index contributed by atoms with van der Waals surface area (Å²) in [6.45, 7) is 0. The molecular weight excluding hydrogens is 329 g/mol. The summed E-state index contributed by atoms with van der Waals surface area (Å²) in [6, 6.07) is 3.12. The zero-order chi connectivity index (χ0) is 13.3. The van der Waals surface area contributed by atoms with Crippen LogP contribution >= 0.6 is 15.9 Å². The molecule has 0 aliphatic rings. The number of alkyl halides is 3. The van der Waals surface area contributed by atoms with Crippen LogP contribution in [0.25, 0.3) is 0 Å². The van der Waals surface area contributed by atoms with E-state index in [-0.39, 0.29) is 10.2 Å². The zero-order valence-corrected chi connectivity index (χ0v) is 10.4. The molecule has 10 heteroatoms. The van der Waals surface area contributed by atoms with Crippen LogP contribution in [0.1, 0.15) is 0 Å². The molecule has 17 heavy (non-hydrogen) atoms. The number of ether oxygens (including phenoxy) is 1. The molecule has 0 spiro atoms. The van der Waals surface area contributed by atoms with Gasteiger partial charge in [-0.05, 0) is 34.1 Å². The normalized spacial score (nSPS) is 12.3. The maximum Gasteiger partial charge on any atom is 0.573 e. The molecule has 1 aromatic rings. The first-order valence-electron chi connectivity index (χ1n) is 3.93. The van der Waals surface area contributed by atoms with Gasteiger partial charge in [0.2, 0.25) is 0 Å². The fourth-order valence-corrected chi connectivity index (χ4v) is 1.85. The molecule has 0 heterocycles. The topological polar surface area (TPSA) is 81.4 Å². The summed E-state index contributed by atoms with van der Waals surface area (Å²) in [5, 5.41) is 4.69. The highest BCUT2D eigenvalue weighted by Crippen LogP contribution is 2.32. The minimum atomic E-state index is -4.82. The number of nitrogens with one attached hydrogen (secondary N) is 1. The fourth-order valence-electron chi connectivity index (χ4n) is 0.936. The Balaban J connectivity index is 2.94. The molecule has 96 valence electrons. The molecule has 0 unspecified atom stereocenters. The fraction of sp³-hybridized carbons (Fsp3) is 0.143. The van der Waals surface area contributed by atoms with Crippen molar-refractivity contribution in [1.82, 2.24) is 0 Å². The van der Waals surface area contributed by atoms with E-state index in [1.165, 1.54) is 0 Å². The van der Waals surface area contributed by atoms with Gasteiger partial charge in [0, 0.05) is 0 Å². The Hall–Kier alpha value is -1.00. The molecular formula is C7H6BrF3N2O3S. The average molecular weight is 335 g/mol. The molecule has 0 radical (unpaired) electrons. The van der Waals surface area contributed by atoms with Crippen LogP contribution in [0.15, 0.2) is 22.7 Å².